The predicted molar refractivity (Wildman–Crippen MR) is 86.6 cm³/mol. The standard InChI is InChI=1S/C16H19ClN2O4/c1-18-15(21)12-8-11(6-7-13(12)17)19-14(20)9-2-4-10(5-3-9)16(22)23/h6-10H,2-5H2,1H3,(H,18,21)(H,19,20)(H,22,23). The molecule has 1 aliphatic carbocycles. The first-order valence-electron chi connectivity index (χ1n) is 7.47. The first kappa shape index (κ1) is 17.3. The van der Waals surface area contributed by atoms with Crippen molar-refractivity contribution in [2.45, 2.75) is 25.7 Å². The molecule has 0 bridgehead atoms. The van der Waals surface area contributed by atoms with E-state index in [1.165, 1.54) is 13.1 Å². The summed E-state index contributed by atoms with van der Waals surface area (Å²) in [6, 6.07) is 4.72. The van der Waals surface area contributed by atoms with Crippen molar-refractivity contribution in [3.63, 3.8) is 0 Å². The van der Waals surface area contributed by atoms with Crippen molar-refractivity contribution in [2.24, 2.45) is 11.8 Å². The van der Waals surface area contributed by atoms with Crippen LogP contribution in [0.1, 0.15) is 36.0 Å². The van der Waals surface area contributed by atoms with Gasteiger partial charge < -0.3 is 15.7 Å². The third kappa shape index (κ3) is 4.22. The maximum absolute atomic E-state index is 12.3. The van der Waals surface area contributed by atoms with E-state index in [0.717, 1.165) is 0 Å². The van der Waals surface area contributed by atoms with Gasteiger partial charge in [-0.25, -0.2) is 0 Å². The highest BCUT2D eigenvalue weighted by Crippen LogP contribution is 2.30. The molecule has 0 aliphatic heterocycles. The van der Waals surface area contributed by atoms with Crippen LogP contribution >= 0.6 is 11.6 Å². The lowest BCUT2D eigenvalue weighted by molar-refractivity contribution is -0.143. The molecule has 124 valence electrons. The van der Waals surface area contributed by atoms with Crippen molar-refractivity contribution < 1.29 is 19.5 Å². The summed E-state index contributed by atoms with van der Waals surface area (Å²) < 4.78 is 0. The quantitative estimate of drug-likeness (QED) is 0.786. The van der Waals surface area contributed by atoms with Gasteiger partial charge in [0.25, 0.3) is 5.91 Å². The molecule has 1 aromatic carbocycles. The molecule has 1 saturated carbocycles. The third-order valence-corrected chi connectivity index (χ3v) is 4.48. The van der Waals surface area contributed by atoms with Gasteiger partial charge in [0.2, 0.25) is 5.91 Å². The minimum atomic E-state index is -0.795. The molecule has 2 rings (SSSR count). The molecule has 0 atom stereocenters. The minimum Gasteiger partial charge on any atom is -0.481 e. The number of benzene rings is 1. The van der Waals surface area contributed by atoms with Crippen molar-refractivity contribution in [3.8, 4) is 0 Å². The fraction of sp³-hybridized carbons (Fsp3) is 0.438. The summed E-state index contributed by atoms with van der Waals surface area (Å²) in [7, 11) is 1.50. The molecule has 6 nitrogen and oxygen atoms in total. The number of hydrogen-bond donors (Lipinski definition) is 3. The molecule has 1 fully saturated rings. The third-order valence-electron chi connectivity index (χ3n) is 4.15. The van der Waals surface area contributed by atoms with Gasteiger partial charge >= 0.3 is 5.97 Å². The first-order chi connectivity index (χ1) is 10.9. The summed E-state index contributed by atoms with van der Waals surface area (Å²) >= 11 is 5.97. The van der Waals surface area contributed by atoms with Gasteiger partial charge in [-0.2, -0.15) is 0 Å². The molecule has 0 heterocycles. The highest BCUT2D eigenvalue weighted by atomic mass is 35.5. The Balaban J connectivity index is 2.01. The van der Waals surface area contributed by atoms with E-state index in [-0.39, 0.29) is 23.7 Å². The summed E-state index contributed by atoms with van der Waals surface area (Å²) in [6.45, 7) is 0. The molecule has 0 radical (unpaired) electrons. The molecule has 1 aliphatic rings. The second-order valence-electron chi connectivity index (χ2n) is 5.65. The first-order valence-corrected chi connectivity index (χ1v) is 7.85. The van der Waals surface area contributed by atoms with E-state index < -0.39 is 5.97 Å². The molecule has 0 aromatic heterocycles. The summed E-state index contributed by atoms with van der Waals surface area (Å²) in [5.41, 5.74) is 0.792. The van der Waals surface area contributed by atoms with Gasteiger partial charge in [-0.1, -0.05) is 11.6 Å². The molecular weight excluding hydrogens is 320 g/mol. The molecule has 2 amide bonds. The lowest BCUT2D eigenvalue weighted by atomic mass is 9.81. The Hall–Kier alpha value is -2.08. The number of anilines is 1. The fourth-order valence-electron chi connectivity index (χ4n) is 2.76. The second-order valence-corrected chi connectivity index (χ2v) is 6.06. The van der Waals surface area contributed by atoms with Gasteiger partial charge in [0, 0.05) is 18.7 Å². The van der Waals surface area contributed by atoms with Crippen LogP contribution in [0.5, 0.6) is 0 Å². The molecule has 0 unspecified atom stereocenters. The number of halogens is 1. The van der Waals surface area contributed by atoms with Crippen LogP contribution in [0, 0.1) is 11.8 Å². The zero-order chi connectivity index (χ0) is 17.0. The Kier molecular flexibility index (Phi) is 5.60. The average molecular weight is 339 g/mol. The highest BCUT2D eigenvalue weighted by Gasteiger charge is 2.29. The number of carboxylic acids is 1. The lowest BCUT2D eigenvalue weighted by Crippen LogP contribution is -2.29. The number of carboxylic acid groups (broad SMARTS) is 1. The van der Waals surface area contributed by atoms with Crippen LogP contribution in [-0.4, -0.2) is 29.9 Å². The Bertz CT molecular complexity index is 625. The number of rotatable bonds is 4. The van der Waals surface area contributed by atoms with Crippen LogP contribution < -0.4 is 10.6 Å². The number of aliphatic carboxylic acids is 1. The van der Waals surface area contributed by atoms with Gasteiger partial charge in [0.1, 0.15) is 0 Å². The Morgan fingerprint density at radius 1 is 1.13 bits per heavy atom. The van der Waals surface area contributed by atoms with E-state index in [2.05, 4.69) is 10.6 Å². The Labute approximate surface area is 139 Å². The van der Waals surface area contributed by atoms with Crippen LogP contribution in [0.2, 0.25) is 5.02 Å². The minimum absolute atomic E-state index is 0.154. The fourth-order valence-corrected chi connectivity index (χ4v) is 2.96. The van der Waals surface area contributed by atoms with E-state index in [9.17, 15) is 14.4 Å². The van der Waals surface area contributed by atoms with Crippen LogP contribution in [0.4, 0.5) is 5.69 Å². The number of hydrogen-bond acceptors (Lipinski definition) is 3. The number of carbonyl (C=O) groups is 3. The number of nitrogens with one attached hydrogen (secondary N) is 2. The number of amides is 2. The van der Waals surface area contributed by atoms with Gasteiger partial charge in [0.05, 0.1) is 16.5 Å². The van der Waals surface area contributed by atoms with Gasteiger partial charge in [-0.3, -0.25) is 14.4 Å². The van der Waals surface area contributed by atoms with Gasteiger partial charge in [0.15, 0.2) is 0 Å². The van der Waals surface area contributed by atoms with Crippen LogP contribution in [0.15, 0.2) is 18.2 Å². The smallest absolute Gasteiger partial charge is 0.306 e. The van der Waals surface area contributed by atoms with Crippen molar-refractivity contribution in [2.75, 3.05) is 12.4 Å². The molecule has 23 heavy (non-hydrogen) atoms. The van der Waals surface area contributed by atoms with Gasteiger partial charge in [-0.05, 0) is 43.9 Å². The maximum atomic E-state index is 12.3. The van der Waals surface area contributed by atoms with Crippen molar-refractivity contribution in [3.05, 3.63) is 28.8 Å². The summed E-state index contributed by atoms with van der Waals surface area (Å²) in [5.74, 6) is -1.83. The van der Waals surface area contributed by atoms with Crippen LogP contribution in [0.25, 0.3) is 0 Å². The van der Waals surface area contributed by atoms with Crippen LogP contribution in [-0.2, 0) is 9.59 Å². The summed E-state index contributed by atoms with van der Waals surface area (Å²) in [5, 5.41) is 14.6. The zero-order valence-electron chi connectivity index (χ0n) is 12.8. The summed E-state index contributed by atoms with van der Waals surface area (Å²) in [4.78, 5) is 34.9. The molecule has 1 aromatic rings. The average Bonchev–Trinajstić information content (AvgIpc) is 2.55. The number of carbonyl (C=O) groups excluding carboxylic acids is 2. The van der Waals surface area contributed by atoms with Crippen molar-refractivity contribution >= 4 is 35.1 Å². The predicted octanol–water partition coefficient (Wildman–Crippen LogP) is 2.53. The Morgan fingerprint density at radius 2 is 1.74 bits per heavy atom. The largest absolute Gasteiger partial charge is 0.481 e. The molecule has 0 saturated heterocycles. The molecule has 3 N–H and O–H groups in total. The van der Waals surface area contributed by atoms with E-state index in [1.54, 1.807) is 12.1 Å². The van der Waals surface area contributed by atoms with Crippen molar-refractivity contribution in [1.29, 1.82) is 0 Å². The molecule has 7 heteroatoms. The Morgan fingerprint density at radius 3 is 2.30 bits per heavy atom. The summed E-state index contributed by atoms with van der Waals surface area (Å²) in [6.07, 6.45) is 2.13. The normalized spacial score (nSPS) is 20.6. The van der Waals surface area contributed by atoms with Crippen molar-refractivity contribution in [1.82, 2.24) is 5.32 Å². The van der Waals surface area contributed by atoms with E-state index in [0.29, 0.717) is 42.0 Å². The topological polar surface area (TPSA) is 95.5 Å². The van der Waals surface area contributed by atoms with Gasteiger partial charge in [-0.15, -0.1) is 0 Å². The van der Waals surface area contributed by atoms with E-state index >= 15 is 0 Å². The van der Waals surface area contributed by atoms with E-state index in [1.807, 2.05) is 0 Å². The maximum Gasteiger partial charge on any atom is 0.306 e. The SMILES string of the molecule is CNC(=O)c1cc(NC(=O)C2CCC(C(=O)O)CC2)ccc1Cl. The lowest BCUT2D eigenvalue weighted by Gasteiger charge is -2.25. The second kappa shape index (κ2) is 7.46. The van der Waals surface area contributed by atoms with Crippen LogP contribution in [0.3, 0.4) is 0 Å². The monoisotopic (exact) mass is 338 g/mol. The molecular formula is C16H19ClN2O4. The highest BCUT2D eigenvalue weighted by molar-refractivity contribution is 6.34. The molecule has 0 spiro atoms. The van der Waals surface area contributed by atoms with E-state index in [4.69, 9.17) is 16.7 Å². The zero-order valence-corrected chi connectivity index (χ0v) is 13.5.